The molecular weight excluding hydrogens is 322 g/mol. The van der Waals surface area contributed by atoms with Crippen LogP contribution in [0.4, 0.5) is 0 Å². The molecule has 106 valence electrons. The first kappa shape index (κ1) is 14.7. The van der Waals surface area contributed by atoms with Gasteiger partial charge in [-0.3, -0.25) is 4.79 Å². The second kappa shape index (κ2) is 5.76. The lowest BCUT2D eigenvalue weighted by molar-refractivity contribution is 0.433. The number of H-pyrrole nitrogens is 1. The number of nitrogens with one attached hydrogen (secondary N) is 1. The van der Waals surface area contributed by atoms with Crippen molar-refractivity contribution < 1.29 is 5.11 Å². The Hall–Kier alpha value is -1.66. The first-order valence-corrected chi connectivity index (χ1v) is 7.04. The lowest BCUT2D eigenvalue weighted by Gasteiger charge is -2.15. The quantitative estimate of drug-likeness (QED) is 0.802. The molecule has 2 rings (SSSR count). The molecule has 1 heterocycles. The maximum Gasteiger partial charge on any atom is 0.262 e. The molecule has 6 heteroatoms. The average Bonchev–Trinajstić information content (AvgIpc) is 2.39. The Kier molecular flexibility index (Phi) is 4.25. The van der Waals surface area contributed by atoms with Gasteiger partial charge < -0.3 is 15.8 Å². The summed E-state index contributed by atoms with van der Waals surface area (Å²) in [5, 5.41) is 10.0. The van der Waals surface area contributed by atoms with Crippen LogP contribution in [0.1, 0.15) is 25.7 Å². The smallest absolute Gasteiger partial charge is 0.262 e. The Labute approximate surface area is 125 Å². The Morgan fingerprint density at radius 2 is 1.90 bits per heavy atom. The van der Waals surface area contributed by atoms with Crippen LogP contribution in [0.5, 0.6) is 5.88 Å². The van der Waals surface area contributed by atoms with E-state index in [1.165, 1.54) is 0 Å². The van der Waals surface area contributed by atoms with E-state index in [-0.39, 0.29) is 17.4 Å². The molecule has 0 amide bonds. The normalized spacial score (nSPS) is 12.7. The van der Waals surface area contributed by atoms with Crippen LogP contribution in [0.15, 0.2) is 33.5 Å². The molecule has 1 unspecified atom stereocenters. The van der Waals surface area contributed by atoms with Crippen LogP contribution in [0.2, 0.25) is 0 Å². The minimum atomic E-state index is -0.424. The van der Waals surface area contributed by atoms with E-state index in [1.807, 2.05) is 13.8 Å². The van der Waals surface area contributed by atoms with Crippen molar-refractivity contribution in [3.8, 4) is 17.0 Å². The molecule has 4 N–H and O–H groups in total. The van der Waals surface area contributed by atoms with Crippen molar-refractivity contribution in [2.45, 2.75) is 19.9 Å². The van der Waals surface area contributed by atoms with E-state index < -0.39 is 11.6 Å². The fourth-order valence-corrected chi connectivity index (χ4v) is 2.09. The molecule has 0 bridgehead atoms. The highest BCUT2D eigenvalue weighted by molar-refractivity contribution is 9.10. The van der Waals surface area contributed by atoms with Crippen molar-refractivity contribution in [2.75, 3.05) is 0 Å². The van der Waals surface area contributed by atoms with Crippen LogP contribution in [0.3, 0.4) is 0 Å². The zero-order valence-corrected chi connectivity index (χ0v) is 12.8. The van der Waals surface area contributed by atoms with Crippen molar-refractivity contribution in [3.05, 3.63) is 44.9 Å². The molecule has 0 aliphatic heterocycles. The molecular formula is C14H16BrN3O2. The Balaban J connectivity index is 2.52. The van der Waals surface area contributed by atoms with Crippen LogP contribution in [-0.2, 0) is 0 Å². The molecule has 5 nitrogen and oxygen atoms in total. The highest BCUT2D eigenvalue weighted by atomic mass is 79.9. The van der Waals surface area contributed by atoms with Gasteiger partial charge >= 0.3 is 0 Å². The largest absolute Gasteiger partial charge is 0.493 e. The van der Waals surface area contributed by atoms with Crippen LogP contribution in [0.25, 0.3) is 11.1 Å². The van der Waals surface area contributed by atoms with Crippen LogP contribution in [-0.4, -0.2) is 15.1 Å². The monoisotopic (exact) mass is 337 g/mol. The molecule has 0 fully saturated rings. The number of aromatic nitrogens is 2. The summed E-state index contributed by atoms with van der Waals surface area (Å²) in [6.07, 6.45) is 0. The van der Waals surface area contributed by atoms with E-state index in [1.54, 1.807) is 24.3 Å². The Morgan fingerprint density at radius 1 is 1.30 bits per heavy atom. The predicted octanol–water partition coefficient (Wildman–Crippen LogP) is 2.56. The highest BCUT2D eigenvalue weighted by Gasteiger charge is 2.18. The Bertz CT molecular complexity index is 665. The van der Waals surface area contributed by atoms with Gasteiger partial charge in [0, 0.05) is 4.47 Å². The minimum absolute atomic E-state index is 0.107. The maximum atomic E-state index is 12.2. The zero-order chi connectivity index (χ0) is 14.9. The number of aromatic hydroxyl groups is 1. The van der Waals surface area contributed by atoms with E-state index in [0.717, 1.165) is 4.47 Å². The number of benzene rings is 1. The molecule has 2 aromatic rings. The van der Waals surface area contributed by atoms with E-state index in [0.29, 0.717) is 11.4 Å². The van der Waals surface area contributed by atoms with Gasteiger partial charge in [-0.05, 0) is 23.6 Å². The zero-order valence-electron chi connectivity index (χ0n) is 11.2. The number of nitrogens with zero attached hydrogens (tertiary/aromatic N) is 1. The van der Waals surface area contributed by atoms with E-state index >= 15 is 0 Å². The molecule has 0 spiro atoms. The number of rotatable bonds is 3. The maximum absolute atomic E-state index is 12.2. The van der Waals surface area contributed by atoms with Gasteiger partial charge in [-0.15, -0.1) is 0 Å². The molecule has 1 atom stereocenters. The van der Waals surface area contributed by atoms with Crippen molar-refractivity contribution in [1.29, 1.82) is 0 Å². The van der Waals surface area contributed by atoms with Gasteiger partial charge in [0.15, 0.2) is 0 Å². The molecule has 1 aromatic carbocycles. The van der Waals surface area contributed by atoms with Gasteiger partial charge in [0.2, 0.25) is 5.88 Å². The van der Waals surface area contributed by atoms with Crippen LogP contribution in [0, 0.1) is 5.92 Å². The van der Waals surface area contributed by atoms with Crippen LogP contribution < -0.4 is 11.3 Å². The lowest BCUT2D eigenvalue weighted by Crippen LogP contribution is -2.24. The first-order valence-electron chi connectivity index (χ1n) is 6.25. The molecule has 0 saturated heterocycles. The van der Waals surface area contributed by atoms with Gasteiger partial charge in [0.1, 0.15) is 11.4 Å². The number of aromatic amines is 1. The minimum Gasteiger partial charge on any atom is -0.493 e. The van der Waals surface area contributed by atoms with Crippen molar-refractivity contribution >= 4 is 15.9 Å². The van der Waals surface area contributed by atoms with Crippen molar-refractivity contribution in [2.24, 2.45) is 11.7 Å². The summed E-state index contributed by atoms with van der Waals surface area (Å²) in [6, 6.07) is 6.63. The summed E-state index contributed by atoms with van der Waals surface area (Å²) >= 11 is 3.32. The lowest BCUT2D eigenvalue weighted by atomic mass is 10.0. The molecule has 0 aliphatic rings. The Morgan fingerprint density at radius 3 is 2.40 bits per heavy atom. The summed E-state index contributed by atoms with van der Waals surface area (Å²) in [4.78, 5) is 18.8. The third kappa shape index (κ3) is 2.91. The summed E-state index contributed by atoms with van der Waals surface area (Å²) in [7, 11) is 0. The molecule has 0 aliphatic carbocycles. The number of hydrogen-bond donors (Lipinski definition) is 3. The third-order valence-electron chi connectivity index (χ3n) is 3.09. The van der Waals surface area contributed by atoms with Gasteiger partial charge in [0.25, 0.3) is 5.56 Å². The topological polar surface area (TPSA) is 92.0 Å². The summed E-state index contributed by atoms with van der Waals surface area (Å²) in [5.74, 6) is 0.0987. The highest BCUT2D eigenvalue weighted by Crippen LogP contribution is 2.26. The third-order valence-corrected chi connectivity index (χ3v) is 3.61. The van der Waals surface area contributed by atoms with E-state index in [2.05, 4.69) is 25.9 Å². The standard InChI is InChI=1S/C14H16BrN3O2/c1-7(2)11(16)12-17-13(19)10(14(20)18-12)8-3-5-9(15)6-4-8/h3-7,11H,16H2,1-2H3,(H2,17,18,19,20). The van der Waals surface area contributed by atoms with Crippen LogP contribution >= 0.6 is 15.9 Å². The molecule has 20 heavy (non-hydrogen) atoms. The first-order chi connectivity index (χ1) is 9.40. The van der Waals surface area contributed by atoms with Gasteiger partial charge in [-0.25, -0.2) is 0 Å². The van der Waals surface area contributed by atoms with Gasteiger partial charge in [0.05, 0.1) is 6.04 Å². The van der Waals surface area contributed by atoms with Gasteiger partial charge in [-0.2, -0.15) is 4.98 Å². The summed E-state index contributed by atoms with van der Waals surface area (Å²) in [5.41, 5.74) is 6.29. The van der Waals surface area contributed by atoms with Crippen molar-refractivity contribution in [3.63, 3.8) is 0 Å². The number of halogens is 1. The van der Waals surface area contributed by atoms with Gasteiger partial charge in [-0.1, -0.05) is 41.9 Å². The fourth-order valence-electron chi connectivity index (χ4n) is 1.83. The summed E-state index contributed by atoms with van der Waals surface area (Å²) < 4.78 is 0.892. The summed E-state index contributed by atoms with van der Waals surface area (Å²) in [6.45, 7) is 3.84. The van der Waals surface area contributed by atoms with E-state index in [9.17, 15) is 9.90 Å². The average molecular weight is 338 g/mol. The number of nitrogens with two attached hydrogens (primary N) is 1. The van der Waals surface area contributed by atoms with Crippen molar-refractivity contribution in [1.82, 2.24) is 9.97 Å². The predicted molar refractivity (Wildman–Crippen MR) is 81.4 cm³/mol. The fraction of sp³-hybridized carbons (Fsp3) is 0.286. The molecule has 0 radical (unpaired) electrons. The number of hydrogen-bond acceptors (Lipinski definition) is 4. The molecule has 0 saturated carbocycles. The molecule has 1 aromatic heterocycles. The SMILES string of the molecule is CC(C)C(N)c1nc(O)c(-c2ccc(Br)cc2)c(=O)[nH]1. The second-order valence-electron chi connectivity index (χ2n) is 4.93. The van der Waals surface area contributed by atoms with E-state index in [4.69, 9.17) is 5.73 Å². The second-order valence-corrected chi connectivity index (χ2v) is 5.84.